The molecule has 0 saturated heterocycles. The third-order valence-electron chi connectivity index (χ3n) is 3.27. The van der Waals surface area contributed by atoms with Gasteiger partial charge in [-0.1, -0.05) is 42.5 Å². The minimum atomic E-state index is -4.69. The topological polar surface area (TPSA) is 37.3 Å². The molecule has 1 N–H and O–H groups in total. The standard InChI is InChI=1S/C16H9F3O2S/c17-16(18,19)13-11-7-6-10(9-4-2-1-3-5-9)8-12(11)22-14(13)15(20)21/h1-8H,(H,20,21). The van der Waals surface area contributed by atoms with E-state index in [0.29, 0.717) is 16.0 Å². The van der Waals surface area contributed by atoms with Gasteiger partial charge < -0.3 is 5.11 Å². The Hall–Kier alpha value is -2.34. The Balaban J connectivity index is 2.25. The van der Waals surface area contributed by atoms with E-state index in [2.05, 4.69) is 0 Å². The van der Waals surface area contributed by atoms with E-state index in [1.54, 1.807) is 12.1 Å². The molecule has 0 aliphatic rings. The molecule has 1 heterocycles. The lowest BCUT2D eigenvalue weighted by atomic mass is 10.0. The van der Waals surface area contributed by atoms with Gasteiger partial charge in [0.05, 0.1) is 5.56 Å². The van der Waals surface area contributed by atoms with Gasteiger partial charge in [-0.15, -0.1) is 11.3 Å². The number of alkyl halides is 3. The number of benzene rings is 2. The van der Waals surface area contributed by atoms with E-state index in [4.69, 9.17) is 5.11 Å². The maximum Gasteiger partial charge on any atom is 0.418 e. The monoisotopic (exact) mass is 322 g/mol. The lowest BCUT2D eigenvalue weighted by molar-refractivity contribution is -0.136. The van der Waals surface area contributed by atoms with Gasteiger partial charge in [0.1, 0.15) is 4.88 Å². The molecule has 0 saturated carbocycles. The first kappa shape index (κ1) is 14.6. The molecule has 0 radical (unpaired) electrons. The van der Waals surface area contributed by atoms with Crippen molar-refractivity contribution >= 4 is 27.4 Å². The summed E-state index contributed by atoms with van der Waals surface area (Å²) in [5.41, 5.74) is 0.544. The molecule has 0 aliphatic carbocycles. The number of carboxylic acids is 1. The zero-order valence-electron chi connectivity index (χ0n) is 11.0. The molecule has 3 rings (SSSR count). The van der Waals surface area contributed by atoms with Gasteiger partial charge in [0.25, 0.3) is 0 Å². The zero-order valence-corrected chi connectivity index (χ0v) is 11.8. The summed E-state index contributed by atoms with van der Waals surface area (Å²) < 4.78 is 39.7. The van der Waals surface area contributed by atoms with E-state index in [9.17, 15) is 18.0 Å². The summed E-state index contributed by atoms with van der Waals surface area (Å²) in [7, 11) is 0. The van der Waals surface area contributed by atoms with E-state index in [1.807, 2.05) is 30.3 Å². The van der Waals surface area contributed by atoms with Crippen LogP contribution in [0.4, 0.5) is 13.2 Å². The highest BCUT2D eigenvalue weighted by molar-refractivity contribution is 7.21. The fourth-order valence-electron chi connectivity index (χ4n) is 2.34. The summed E-state index contributed by atoms with van der Waals surface area (Å²) >= 11 is 0.648. The van der Waals surface area contributed by atoms with Crippen LogP contribution in [0.5, 0.6) is 0 Å². The molecule has 0 unspecified atom stereocenters. The summed E-state index contributed by atoms with van der Waals surface area (Å²) in [6.07, 6.45) is -4.69. The first-order chi connectivity index (χ1) is 10.4. The third-order valence-corrected chi connectivity index (χ3v) is 4.42. The number of carboxylic acid groups (broad SMARTS) is 1. The number of fused-ring (bicyclic) bond motifs is 1. The van der Waals surface area contributed by atoms with Crippen molar-refractivity contribution in [1.29, 1.82) is 0 Å². The van der Waals surface area contributed by atoms with Crippen molar-refractivity contribution in [1.82, 2.24) is 0 Å². The first-order valence-electron chi connectivity index (χ1n) is 6.30. The first-order valence-corrected chi connectivity index (χ1v) is 7.12. The van der Waals surface area contributed by atoms with Gasteiger partial charge in [0.15, 0.2) is 0 Å². The fourth-order valence-corrected chi connectivity index (χ4v) is 3.44. The molecule has 0 spiro atoms. The summed E-state index contributed by atoms with van der Waals surface area (Å²) in [4.78, 5) is 10.4. The molecule has 0 atom stereocenters. The van der Waals surface area contributed by atoms with Crippen molar-refractivity contribution in [3.8, 4) is 11.1 Å². The molecule has 2 aromatic carbocycles. The van der Waals surface area contributed by atoms with Crippen LogP contribution < -0.4 is 0 Å². The lowest BCUT2D eigenvalue weighted by Gasteiger charge is -2.07. The maximum absolute atomic E-state index is 13.1. The van der Waals surface area contributed by atoms with E-state index < -0.39 is 22.6 Å². The minimum absolute atomic E-state index is 0.0745. The number of aromatic carboxylic acids is 1. The van der Waals surface area contributed by atoms with Crippen LogP contribution in [-0.2, 0) is 6.18 Å². The zero-order chi connectivity index (χ0) is 15.9. The van der Waals surface area contributed by atoms with Gasteiger partial charge >= 0.3 is 12.1 Å². The molecule has 0 fully saturated rings. The van der Waals surface area contributed by atoms with Crippen LogP contribution in [0.2, 0.25) is 0 Å². The average Bonchev–Trinajstić information content (AvgIpc) is 2.87. The lowest BCUT2D eigenvalue weighted by Crippen LogP contribution is -2.09. The van der Waals surface area contributed by atoms with Crippen LogP contribution >= 0.6 is 11.3 Å². The van der Waals surface area contributed by atoms with E-state index in [-0.39, 0.29) is 5.39 Å². The summed E-state index contributed by atoms with van der Waals surface area (Å²) in [5, 5.41) is 8.95. The molecule has 1 aromatic heterocycles. The number of thiophene rings is 1. The molecule has 3 aromatic rings. The normalized spacial score (nSPS) is 11.8. The molecule has 6 heteroatoms. The highest BCUT2D eigenvalue weighted by Crippen LogP contribution is 2.43. The van der Waals surface area contributed by atoms with Crippen molar-refractivity contribution in [3.63, 3.8) is 0 Å². The Morgan fingerprint density at radius 1 is 1.00 bits per heavy atom. The predicted octanol–water partition coefficient (Wildman–Crippen LogP) is 5.29. The van der Waals surface area contributed by atoms with E-state index in [0.717, 1.165) is 11.1 Å². The summed E-state index contributed by atoms with van der Waals surface area (Å²) in [5.74, 6) is -1.56. The Morgan fingerprint density at radius 3 is 2.27 bits per heavy atom. The molecule has 0 bridgehead atoms. The van der Waals surface area contributed by atoms with Crippen molar-refractivity contribution in [3.05, 3.63) is 59.0 Å². The van der Waals surface area contributed by atoms with Gasteiger partial charge in [0, 0.05) is 10.1 Å². The van der Waals surface area contributed by atoms with Crippen LogP contribution in [-0.4, -0.2) is 11.1 Å². The number of halogens is 3. The molecule has 22 heavy (non-hydrogen) atoms. The summed E-state index contributed by atoms with van der Waals surface area (Å²) in [6.45, 7) is 0. The Bertz CT molecular complexity index is 851. The Morgan fingerprint density at radius 2 is 1.68 bits per heavy atom. The largest absolute Gasteiger partial charge is 0.477 e. The second-order valence-electron chi connectivity index (χ2n) is 4.69. The van der Waals surface area contributed by atoms with Crippen molar-refractivity contribution in [2.75, 3.05) is 0 Å². The van der Waals surface area contributed by atoms with Crippen LogP contribution in [0.1, 0.15) is 15.2 Å². The van der Waals surface area contributed by atoms with Gasteiger partial charge in [-0.25, -0.2) is 4.79 Å². The van der Waals surface area contributed by atoms with Gasteiger partial charge in [-0.05, 0) is 17.2 Å². The second kappa shape index (κ2) is 5.14. The molecular formula is C16H9F3O2S. The SMILES string of the molecule is O=C(O)c1sc2cc(-c3ccccc3)ccc2c1C(F)(F)F. The number of carbonyl (C=O) groups is 1. The number of hydrogen-bond acceptors (Lipinski definition) is 2. The molecule has 2 nitrogen and oxygen atoms in total. The molecule has 0 aliphatic heterocycles. The predicted molar refractivity (Wildman–Crippen MR) is 79.2 cm³/mol. The third kappa shape index (κ3) is 2.46. The van der Waals surface area contributed by atoms with Gasteiger partial charge in [-0.2, -0.15) is 13.2 Å². The Kier molecular flexibility index (Phi) is 3.41. The smallest absolute Gasteiger partial charge is 0.418 e. The maximum atomic E-state index is 13.1. The second-order valence-corrected chi connectivity index (χ2v) is 5.74. The van der Waals surface area contributed by atoms with Crippen LogP contribution in [0.15, 0.2) is 48.5 Å². The van der Waals surface area contributed by atoms with E-state index >= 15 is 0 Å². The minimum Gasteiger partial charge on any atom is -0.477 e. The quantitative estimate of drug-likeness (QED) is 0.696. The molecule has 0 amide bonds. The molecule has 112 valence electrons. The number of hydrogen-bond donors (Lipinski definition) is 1. The van der Waals surface area contributed by atoms with Crippen LogP contribution in [0, 0.1) is 0 Å². The van der Waals surface area contributed by atoms with Gasteiger partial charge in [0.2, 0.25) is 0 Å². The highest BCUT2D eigenvalue weighted by Gasteiger charge is 2.39. The van der Waals surface area contributed by atoms with Crippen LogP contribution in [0.3, 0.4) is 0 Å². The van der Waals surface area contributed by atoms with Crippen LogP contribution in [0.25, 0.3) is 21.2 Å². The highest BCUT2D eigenvalue weighted by atomic mass is 32.1. The van der Waals surface area contributed by atoms with Crippen molar-refractivity contribution in [2.24, 2.45) is 0 Å². The van der Waals surface area contributed by atoms with E-state index in [1.165, 1.54) is 6.07 Å². The number of rotatable bonds is 2. The molecular weight excluding hydrogens is 313 g/mol. The summed E-state index contributed by atoms with van der Waals surface area (Å²) in [6, 6.07) is 13.7. The van der Waals surface area contributed by atoms with Crippen molar-refractivity contribution < 1.29 is 23.1 Å². The van der Waals surface area contributed by atoms with Gasteiger partial charge in [-0.3, -0.25) is 0 Å². The average molecular weight is 322 g/mol. The van der Waals surface area contributed by atoms with Crippen molar-refractivity contribution in [2.45, 2.75) is 6.18 Å². The Labute approximate surface area is 127 Å². The fraction of sp³-hybridized carbons (Fsp3) is 0.0625.